The summed E-state index contributed by atoms with van der Waals surface area (Å²) in [5.41, 5.74) is 0.994. The second-order valence-electron chi connectivity index (χ2n) is 8.94. The molecule has 0 unspecified atom stereocenters. The van der Waals surface area contributed by atoms with Crippen molar-refractivity contribution >= 4 is 45.8 Å². The van der Waals surface area contributed by atoms with E-state index in [1.165, 1.54) is 18.5 Å². The van der Waals surface area contributed by atoms with Gasteiger partial charge in [0.15, 0.2) is 18.0 Å². The number of amides is 2. The summed E-state index contributed by atoms with van der Waals surface area (Å²) in [5, 5.41) is 23.2. The van der Waals surface area contributed by atoms with Gasteiger partial charge in [0.05, 0.1) is 16.9 Å². The zero-order chi connectivity index (χ0) is 29.2. The monoisotopic (exact) mass is 675 g/mol. The molecule has 0 radical (unpaired) electrons. The standard InChI is InChI=1S/C28H25F3IN7O2/c29-21-11-10-20(26(25(21)31)37-23-12-9-19(32)14-22(23)30)28(41)33-13-3-1-2-4-24(40)34-15-17-5-7-18(8-6-17)27-38-35-16-36-39-27/h5-12,14,16,37H,1-4,13,15H2,(H,33,41)(H,34,40). The first-order valence-corrected chi connectivity index (χ1v) is 13.7. The minimum atomic E-state index is -1.28. The highest BCUT2D eigenvalue weighted by Crippen LogP contribution is 2.28. The van der Waals surface area contributed by atoms with Gasteiger partial charge >= 0.3 is 0 Å². The average molecular weight is 675 g/mol. The van der Waals surface area contributed by atoms with Gasteiger partial charge in [-0.2, -0.15) is 0 Å². The molecule has 0 fully saturated rings. The van der Waals surface area contributed by atoms with Crippen molar-refractivity contribution in [3.63, 3.8) is 0 Å². The Hall–Kier alpha value is -4.14. The average Bonchev–Trinajstić information content (AvgIpc) is 2.98. The summed E-state index contributed by atoms with van der Waals surface area (Å²) in [6, 6.07) is 13.6. The van der Waals surface area contributed by atoms with Crippen LogP contribution >= 0.6 is 22.6 Å². The summed E-state index contributed by atoms with van der Waals surface area (Å²) >= 11 is 1.92. The third kappa shape index (κ3) is 8.42. The van der Waals surface area contributed by atoms with Crippen LogP contribution < -0.4 is 16.0 Å². The van der Waals surface area contributed by atoms with Gasteiger partial charge in [-0.25, -0.2) is 13.2 Å². The summed E-state index contributed by atoms with van der Waals surface area (Å²) in [4.78, 5) is 24.9. The quantitative estimate of drug-likeness (QED) is 0.138. The molecule has 0 saturated carbocycles. The molecule has 2 amide bonds. The van der Waals surface area contributed by atoms with Crippen molar-refractivity contribution in [1.82, 2.24) is 31.0 Å². The number of halogens is 4. The maximum atomic E-state index is 14.6. The van der Waals surface area contributed by atoms with E-state index >= 15 is 0 Å². The van der Waals surface area contributed by atoms with Gasteiger partial charge in [-0.15, -0.1) is 20.4 Å². The maximum Gasteiger partial charge on any atom is 0.253 e. The Labute approximate surface area is 247 Å². The number of rotatable bonds is 12. The first-order chi connectivity index (χ1) is 19.8. The first-order valence-electron chi connectivity index (χ1n) is 12.7. The molecule has 3 aromatic carbocycles. The fourth-order valence-electron chi connectivity index (χ4n) is 3.85. The molecule has 0 atom stereocenters. The van der Waals surface area contributed by atoms with Crippen LogP contribution in [0.3, 0.4) is 0 Å². The number of hydrogen-bond acceptors (Lipinski definition) is 7. The summed E-state index contributed by atoms with van der Waals surface area (Å²) < 4.78 is 43.3. The number of hydrogen-bond donors (Lipinski definition) is 3. The second kappa shape index (κ2) is 14.5. The highest BCUT2D eigenvalue weighted by Gasteiger charge is 2.20. The summed E-state index contributed by atoms with van der Waals surface area (Å²) in [6.45, 7) is 0.636. The first kappa shape index (κ1) is 29.8. The molecule has 3 N–H and O–H groups in total. The van der Waals surface area contributed by atoms with Gasteiger partial charge in [-0.3, -0.25) is 9.59 Å². The Bertz CT molecular complexity index is 1510. The summed E-state index contributed by atoms with van der Waals surface area (Å²) in [7, 11) is 0. The molecule has 13 heteroatoms. The molecule has 1 heterocycles. The summed E-state index contributed by atoms with van der Waals surface area (Å²) in [6.07, 6.45) is 3.42. The molecule has 0 spiro atoms. The van der Waals surface area contributed by atoms with Crippen LogP contribution in [0.15, 0.2) is 60.9 Å². The van der Waals surface area contributed by atoms with Gasteiger partial charge in [-0.1, -0.05) is 30.7 Å². The lowest BCUT2D eigenvalue weighted by Gasteiger charge is -2.14. The zero-order valence-corrected chi connectivity index (χ0v) is 23.8. The fraction of sp³-hybridized carbons (Fsp3) is 0.214. The van der Waals surface area contributed by atoms with Crippen molar-refractivity contribution in [2.45, 2.75) is 32.2 Å². The number of nitrogens with one attached hydrogen (secondary N) is 3. The third-order valence-corrected chi connectivity index (χ3v) is 6.68. The third-order valence-electron chi connectivity index (χ3n) is 6.01. The molecule has 0 aliphatic rings. The van der Waals surface area contributed by atoms with Crippen LogP contribution in [0.2, 0.25) is 0 Å². The Kier molecular flexibility index (Phi) is 10.5. The van der Waals surface area contributed by atoms with E-state index in [9.17, 15) is 22.8 Å². The molecular formula is C28H25F3IN7O2. The predicted molar refractivity (Wildman–Crippen MR) is 154 cm³/mol. The van der Waals surface area contributed by atoms with Gasteiger partial charge in [0.25, 0.3) is 5.91 Å². The van der Waals surface area contributed by atoms with Crippen molar-refractivity contribution in [1.29, 1.82) is 0 Å². The molecular weight excluding hydrogens is 650 g/mol. The van der Waals surface area contributed by atoms with Crippen LogP contribution in [0, 0.1) is 21.0 Å². The Morgan fingerprint density at radius 3 is 2.32 bits per heavy atom. The molecule has 4 rings (SSSR count). The van der Waals surface area contributed by atoms with Gasteiger partial charge in [0, 0.05) is 28.6 Å². The molecule has 0 aliphatic heterocycles. The largest absolute Gasteiger partial charge is 0.352 e. The number of carbonyl (C=O) groups is 2. The van der Waals surface area contributed by atoms with Gasteiger partial charge in [0.2, 0.25) is 11.7 Å². The second-order valence-corrected chi connectivity index (χ2v) is 10.2. The van der Waals surface area contributed by atoms with Crippen molar-refractivity contribution in [2.75, 3.05) is 11.9 Å². The molecule has 1 aromatic heterocycles. The zero-order valence-electron chi connectivity index (χ0n) is 21.6. The van der Waals surface area contributed by atoms with E-state index in [4.69, 9.17) is 0 Å². The van der Waals surface area contributed by atoms with E-state index in [1.54, 1.807) is 6.07 Å². The topological polar surface area (TPSA) is 122 Å². The number of carbonyl (C=O) groups excluding carboxylic acids is 2. The lowest BCUT2D eigenvalue weighted by atomic mass is 10.1. The normalized spacial score (nSPS) is 10.7. The van der Waals surface area contributed by atoms with E-state index in [2.05, 4.69) is 36.3 Å². The SMILES string of the molecule is O=C(CCCCCNC(=O)c1ccc(F)c(F)c1Nc1ccc(I)cc1F)NCc1ccc(-c2nncnn2)cc1. The van der Waals surface area contributed by atoms with E-state index < -0.39 is 29.0 Å². The van der Waals surface area contributed by atoms with E-state index in [0.717, 1.165) is 23.3 Å². The van der Waals surface area contributed by atoms with Crippen LogP contribution in [-0.4, -0.2) is 38.8 Å². The fourth-order valence-corrected chi connectivity index (χ4v) is 4.31. The molecule has 4 aromatic rings. The van der Waals surface area contributed by atoms with Gasteiger partial charge in [-0.05, 0) is 71.3 Å². The Morgan fingerprint density at radius 1 is 0.829 bits per heavy atom. The van der Waals surface area contributed by atoms with Crippen molar-refractivity contribution in [2.24, 2.45) is 0 Å². The van der Waals surface area contributed by atoms with E-state index in [0.29, 0.717) is 41.6 Å². The molecule has 9 nitrogen and oxygen atoms in total. The molecule has 41 heavy (non-hydrogen) atoms. The van der Waals surface area contributed by atoms with Crippen LogP contribution in [-0.2, 0) is 11.3 Å². The van der Waals surface area contributed by atoms with Gasteiger partial charge < -0.3 is 16.0 Å². The number of unbranched alkanes of at least 4 members (excludes halogenated alkanes) is 2. The Morgan fingerprint density at radius 2 is 1.59 bits per heavy atom. The van der Waals surface area contributed by atoms with Crippen LogP contribution in [0.25, 0.3) is 11.4 Å². The summed E-state index contributed by atoms with van der Waals surface area (Å²) in [5.74, 6) is -3.42. The van der Waals surface area contributed by atoms with Crippen LogP contribution in [0.4, 0.5) is 24.5 Å². The smallest absolute Gasteiger partial charge is 0.253 e. The number of aromatic nitrogens is 4. The Balaban J connectivity index is 1.18. The van der Waals surface area contributed by atoms with Crippen molar-refractivity contribution in [3.8, 4) is 11.4 Å². The molecule has 0 saturated heterocycles. The molecule has 212 valence electrons. The van der Waals surface area contributed by atoms with E-state index in [-0.39, 0.29) is 23.7 Å². The molecule has 0 aliphatic carbocycles. The lowest BCUT2D eigenvalue weighted by Crippen LogP contribution is -2.26. The molecule has 0 bridgehead atoms. The lowest BCUT2D eigenvalue weighted by molar-refractivity contribution is -0.121. The van der Waals surface area contributed by atoms with Crippen LogP contribution in [0.1, 0.15) is 41.6 Å². The van der Waals surface area contributed by atoms with E-state index in [1.807, 2.05) is 46.9 Å². The van der Waals surface area contributed by atoms with Crippen molar-refractivity contribution < 1.29 is 22.8 Å². The van der Waals surface area contributed by atoms with Gasteiger partial charge in [0.1, 0.15) is 5.82 Å². The minimum Gasteiger partial charge on any atom is -0.352 e. The number of anilines is 2. The predicted octanol–water partition coefficient (Wildman–Crippen LogP) is 5.31. The minimum absolute atomic E-state index is 0.0869. The number of nitrogens with zero attached hydrogens (tertiary/aromatic N) is 4. The highest BCUT2D eigenvalue weighted by molar-refractivity contribution is 14.1. The maximum absolute atomic E-state index is 14.6. The highest BCUT2D eigenvalue weighted by atomic mass is 127. The van der Waals surface area contributed by atoms with Crippen LogP contribution in [0.5, 0.6) is 0 Å². The number of benzene rings is 3. The van der Waals surface area contributed by atoms with Crippen molar-refractivity contribution in [3.05, 3.63) is 93.1 Å².